The zero-order chi connectivity index (χ0) is 16.5. The Hall–Kier alpha value is -3.73. The number of H-pyrrole nitrogens is 1. The Balaban J connectivity index is 1.81. The van der Waals surface area contributed by atoms with Crippen molar-refractivity contribution < 1.29 is 0 Å². The Kier molecular flexibility index (Phi) is 3.17. The highest BCUT2D eigenvalue weighted by molar-refractivity contribution is 5.71. The SMILES string of the molecule is C#CCn1nnc2c(-c3ncc(-c4ccccc4)[nH]3)ncn2c1=N. The molecule has 4 aromatic rings. The molecule has 116 valence electrons. The number of nitrogens with one attached hydrogen (secondary N) is 2. The zero-order valence-electron chi connectivity index (χ0n) is 12.5. The number of imidazole rings is 2. The molecule has 4 rings (SSSR count). The Morgan fingerprint density at radius 1 is 1.21 bits per heavy atom. The molecule has 2 N–H and O–H groups in total. The van der Waals surface area contributed by atoms with Gasteiger partial charge in [0.1, 0.15) is 12.9 Å². The fourth-order valence-electron chi connectivity index (χ4n) is 2.42. The molecule has 8 nitrogen and oxygen atoms in total. The molecular formula is C16H12N8. The van der Waals surface area contributed by atoms with Crippen molar-refractivity contribution in [2.45, 2.75) is 6.54 Å². The lowest BCUT2D eigenvalue weighted by atomic mass is 10.2. The second kappa shape index (κ2) is 5.48. The van der Waals surface area contributed by atoms with Crippen LogP contribution in [0, 0.1) is 17.8 Å². The lowest BCUT2D eigenvalue weighted by Gasteiger charge is -2.01. The third kappa shape index (κ3) is 2.16. The Morgan fingerprint density at radius 3 is 2.83 bits per heavy atom. The number of hydrogen-bond donors (Lipinski definition) is 2. The Labute approximate surface area is 136 Å². The maximum absolute atomic E-state index is 8.12. The molecule has 0 bridgehead atoms. The lowest BCUT2D eigenvalue weighted by molar-refractivity contribution is 0.555. The molecule has 0 aliphatic carbocycles. The average Bonchev–Trinajstić information content (AvgIpc) is 3.25. The normalized spacial score (nSPS) is 10.8. The smallest absolute Gasteiger partial charge is 0.228 e. The molecule has 0 aliphatic heterocycles. The predicted molar refractivity (Wildman–Crippen MR) is 86.5 cm³/mol. The van der Waals surface area contributed by atoms with E-state index >= 15 is 0 Å². The van der Waals surface area contributed by atoms with Crippen LogP contribution in [0.15, 0.2) is 42.9 Å². The van der Waals surface area contributed by atoms with Crippen molar-refractivity contribution >= 4 is 5.65 Å². The van der Waals surface area contributed by atoms with Gasteiger partial charge in [0.2, 0.25) is 5.62 Å². The van der Waals surface area contributed by atoms with Crippen molar-refractivity contribution in [3.05, 3.63) is 48.5 Å². The van der Waals surface area contributed by atoms with Gasteiger partial charge < -0.3 is 4.98 Å². The molecule has 0 radical (unpaired) electrons. The second-order valence-electron chi connectivity index (χ2n) is 5.07. The molecule has 3 heterocycles. The highest BCUT2D eigenvalue weighted by atomic mass is 15.5. The number of fused-ring (bicyclic) bond motifs is 1. The van der Waals surface area contributed by atoms with Crippen molar-refractivity contribution in [3.8, 4) is 35.1 Å². The van der Waals surface area contributed by atoms with Crippen LogP contribution in [0.3, 0.4) is 0 Å². The fourth-order valence-corrected chi connectivity index (χ4v) is 2.42. The van der Waals surface area contributed by atoms with Gasteiger partial charge in [0.05, 0.1) is 11.9 Å². The van der Waals surface area contributed by atoms with Crippen LogP contribution >= 0.6 is 0 Å². The molecule has 3 aromatic heterocycles. The van der Waals surface area contributed by atoms with Gasteiger partial charge in [0.15, 0.2) is 17.2 Å². The minimum Gasteiger partial charge on any atom is -0.337 e. The summed E-state index contributed by atoms with van der Waals surface area (Å²) in [4.78, 5) is 11.9. The monoisotopic (exact) mass is 316 g/mol. The van der Waals surface area contributed by atoms with E-state index < -0.39 is 0 Å². The summed E-state index contributed by atoms with van der Waals surface area (Å²) in [7, 11) is 0. The summed E-state index contributed by atoms with van der Waals surface area (Å²) in [6.07, 6.45) is 8.52. The van der Waals surface area contributed by atoms with Gasteiger partial charge in [0, 0.05) is 0 Å². The van der Waals surface area contributed by atoms with Gasteiger partial charge in [0.25, 0.3) is 0 Å². The van der Waals surface area contributed by atoms with Gasteiger partial charge in [-0.1, -0.05) is 41.5 Å². The van der Waals surface area contributed by atoms with Crippen LogP contribution in [-0.4, -0.2) is 34.3 Å². The number of aromatic nitrogens is 7. The first kappa shape index (κ1) is 13.9. The van der Waals surface area contributed by atoms with Crippen molar-refractivity contribution in [2.24, 2.45) is 0 Å². The standard InChI is InChI=1S/C16H12N8/c1-2-8-24-16(17)23-10-19-13(15(23)21-22-24)14-18-9-12(20-14)11-6-4-3-5-7-11/h1,3-7,9-10,17H,8H2,(H,18,20). The average molecular weight is 316 g/mol. The van der Waals surface area contributed by atoms with E-state index in [0.717, 1.165) is 11.3 Å². The van der Waals surface area contributed by atoms with Gasteiger partial charge in [-0.25, -0.2) is 19.1 Å². The van der Waals surface area contributed by atoms with Crippen LogP contribution in [0.2, 0.25) is 0 Å². The van der Waals surface area contributed by atoms with E-state index in [1.165, 1.54) is 15.4 Å². The van der Waals surface area contributed by atoms with Gasteiger partial charge in [-0.05, 0) is 5.56 Å². The summed E-state index contributed by atoms with van der Waals surface area (Å²) in [6, 6.07) is 9.87. The quantitative estimate of drug-likeness (QED) is 0.553. The van der Waals surface area contributed by atoms with Crippen molar-refractivity contribution in [2.75, 3.05) is 0 Å². The van der Waals surface area contributed by atoms with E-state index in [-0.39, 0.29) is 12.2 Å². The molecule has 0 saturated carbocycles. The number of aromatic amines is 1. The summed E-state index contributed by atoms with van der Waals surface area (Å²) in [5.41, 5.74) is 2.99. The van der Waals surface area contributed by atoms with E-state index in [4.69, 9.17) is 11.8 Å². The number of rotatable bonds is 3. The molecule has 0 fully saturated rings. The largest absolute Gasteiger partial charge is 0.337 e. The van der Waals surface area contributed by atoms with Crippen molar-refractivity contribution in [1.29, 1.82) is 5.41 Å². The van der Waals surface area contributed by atoms with Crippen LogP contribution in [-0.2, 0) is 6.54 Å². The fraction of sp³-hybridized carbons (Fsp3) is 0.0625. The number of terminal acetylenes is 1. The zero-order valence-corrected chi connectivity index (χ0v) is 12.5. The van der Waals surface area contributed by atoms with Gasteiger partial charge in [-0.2, -0.15) is 0 Å². The molecule has 0 atom stereocenters. The summed E-state index contributed by atoms with van der Waals surface area (Å²) < 4.78 is 2.83. The van der Waals surface area contributed by atoms with E-state index in [1.54, 1.807) is 6.20 Å². The summed E-state index contributed by atoms with van der Waals surface area (Å²) in [5.74, 6) is 3.01. The first-order chi connectivity index (χ1) is 11.8. The topological polar surface area (TPSA) is 101 Å². The summed E-state index contributed by atoms with van der Waals surface area (Å²) in [6.45, 7) is 0.175. The van der Waals surface area contributed by atoms with Gasteiger partial charge in [-0.3, -0.25) is 5.41 Å². The van der Waals surface area contributed by atoms with Crippen LogP contribution in [0.1, 0.15) is 0 Å². The van der Waals surface area contributed by atoms with E-state index in [0.29, 0.717) is 17.2 Å². The Bertz CT molecular complexity index is 1110. The molecule has 0 unspecified atom stereocenters. The highest BCUT2D eigenvalue weighted by Gasteiger charge is 2.14. The number of hydrogen-bond acceptors (Lipinski definition) is 5. The van der Waals surface area contributed by atoms with E-state index in [9.17, 15) is 0 Å². The highest BCUT2D eigenvalue weighted by Crippen LogP contribution is 2.22. The van der Waals surface area contributed by atoms with Gasteiger partial charge in [-0.15, -0.1) is 11.5 Å². The summed E-state index contributed by atoms with van der Waals surface area (Å²) in [5, 5.41) is 16.2. The van der Waals surface area contributed by atoms with Crippen LogP contribution in [0.4, 0.5) is 0 Å². The molecular weight excluding hydrogens is 304 g/mol. The molecule has 0 spiro atoms. The minimum absolute atomic E-state index is 0.103. The maximum Gasteiger partial charge on any atom is 0.228 e. The van der Waals surface area contributed by atoms with Crippen molar-refractivity contribution in [3.63, 3.8) is 0 Å². The molecule has 0 saturated heterocycles. The predicted octanol–water partition coefficient (Wildman–Crippen LogP) is 1.10. The molecule has 1 aromatic carbocycles. The Morgan fingerprint density at radius 2 is 2.04 bits per heavy atom. The van der Waals surface area contributed by atoms with Crippen molar-refractivity contribution in [1.82, 2.24) is 34.3 Å². The van der Waals surface area contributed by atoms with Crippen LogP contribution < -0.4 is 5.62 Å². The molecule has 0 amide bonds. The van der Waals surface area contributed by atoms with E-state index in [2.05, 4.69) is 31.2 Å². The molecule has 8 heteroatoms. The third-order valence-electron chi connectivity index (χ3n) is 3.59. The van der Waals surface area contributed by atoms with Gasteiger partial charge >= 0.3 is 0 Å². The van der Waals surface area contributed by atoms with E-state index in [1.807, 2.05) is 30.3 Å². The lowest BCUT2D eigenvalue weighted by Crippen LogP contribution is -2.29. The first-order valence-electron chi connectivity index (χ1n) is 7.17. The number of nitrogens with zero attached hydrogens (tertiary/aromatic N) is 6. The number of benzene rings is 1. The molecule has 24 heavy (non-hydrogen) atoms. The summed E-state index contributed by atoms with van der Waals surface area (Å²) >= 11 is 0. The second-order valence-corrected chi connectivity index (χ2v) is 5.07. The third-order valence-corrected chi connectivity index (χ3v) is 3.59. The molecule has 0 aliphatic rings. The van der Waals surface area contributed by atoms with Crippen LogP contribution in [0.5, 0.6) is 0 Å². The van der Waals surface area contributed by atoms with Crippen LogP contribution in [0.25, 0.3) is 28.4 Å². The maximum atomic E-state index is 8.12. The minimum atomic E-state index is 0.103. The first-order valence-corrected chi connectivity index (χ1v) is 7.17.